The van der Waals surface area contributed by atoms with Crippen molar-refractivity contribution in [2.24, 2.45) is 5.73 Å². The van der Waals surface area contributed by atoms with Crippen LogP contribution in [0.2, 0.25) is 10.0 Å². The second kappa shape index (κ2) is 5.96. The lowest BCUT2D eigenvalue weighted by atomic mass is 9.97. The van der Waals surface area contributed by atoms with Gasteiger partial charge in [0, 0.05) is 16.1 Å². The molecule has 0 radical (unpaired) electrons. The molecule has 0 spiro atoms. The van der Waals surface area contributed by atoms with Crippen LogP contribution < -0.4 is 5.73 Å². The molecule has 0 aliphatic heterocycles. The van der Waals surface area contributed by atoms with Gasteiger partial charge < -0.3 is 5.73 Å². The van der Waals surface area contributed by atoms with E-state index in [4.69, 9.17) is 28.9 Å². The Morgan fingerprint density at radius 2 is 1.63 bits per heavy atom. The third kappa shape index (κ3) is 3.73. The van der Waals surface area contributed by atoms with Gasteiger partial charge in [0.25, 0.3) is 0 Å². The van der Waals surface area contributed by atoms with Gasteiger partial charge in [0.1, 0.15) is 0 Å². The Kier molecular flexibility index (Phi) is 4.51. The van der Waals surface area contributed by atoms with Crippen molar-refractivity contribution in [2.75, 3.05) is 0 Å². The fraction of sp³-hybridized carbons (Fsp3) is 0.250. The Labute approximate surface area is 124 Å². The Morgan fingerprint density at radius 3 is 2.26 bits per heavy atom. The van der Waals surface area contributed by atoms with Gasteiger partial charge in [0.2, 0.25) is 0 Å². The van der Waals surface area contributed by atoms with E-state index in [1.807, 2.05) is 6.07 Å². The van der Waals surface area contributed by atoms with E-state index in [1.54, 1.807) is 12.1 Å². The van der Waals surface area contributed by atoms with Gasteiger partial charge in [-0.25, -0.2) is 0 Å². The summed E-state index contributed by atoms with van der Waals surface area (Å²) in [6.07, 6.45) is 0.753. The van der Waals surface area contributed by atoms with Gasteiger partial charge in [-0.05, 0) is 49.6 Å². The maximum absolute atomic E-state index is 6.25. The number of halogens is 2. The summed E-state index contributed by atoms with van der Waals surface area (Å²) in [6, 6.07) is 11.7. The second-order valence-corrected chi connectivity index (χ2v) is 5.82. The lowest BCUT2D eigenvalue weighted by Gasteiger charge is -2.15. The average molecular weight is 294 g/mol. The highest BCUT2D eigenvalue weighted by atomic mass is 35.5. The monoisotopic (exact) mass is 293 g/mol. The number of rotatable bonds is 3. The van der Waals surface area contributed by atoms with Crippen LogP contribution in [0.3, 0.4) is 0 Å². The zero-order valence-corrected chi connectivity index (χ0v) is 12.6. The van der Waals surface area contributed by atoms with Crippen molar-refractivity contribution in [3.63, 3.8) is 0 Å². The van der Waals surface area contributed by atoms with Gasteiger partial charge >= 0.3 is 0 Å². The highest BCUT2D eigenvalue weighted by Crippen LogP contribution is 2.27. The van der Waals surface area contributed by atoms with Crippen LogP contribution in [0.5, 0.6) is 0 Å². The second-order valence-electron chi connectivity index (χ2n) is 4.97. The van der Waals surface area contributed by atoms with E-state index in [9.17, 15) is 0 Å². The zero-order chi connectivity index (χ0) is 14.0. The zero-order valence-electron chi connectivity index (χ0n) is 11.1. The van der Waals surface area contributed by atoms with Gasteiger partial charge in [-0.15, -0.1) is 0 Å². The maximum Gasteiger partial charge on any atom is 0.0454 e. The molecule has 2 aromatic rings. The molecule has 0 heterocycles. The Hall–Kier alpha value is -1.02. The van der Waals surface area contributed by atoms with Crippen LogP contribution in [0.1, 0.15) is 28.3 Å². The quantitative estimate of drug-likeness (QED) is 0.860. The van der Waals surface area contributed by atoms with E-state index in [2.05, 4.69) is 32.0 Å². The summed E-state index contributed by atoms with van der Waals surface area (Å²) in [7, 11) is 0. The van der Waals surface area contributed by atoms with E-state index in [1.165, 1.54) is 16.7 Å². The standard InChI is InChI=1S/C16H17Cl2N/c1-10-5-11(2)7-12(6-10)8-16(19)14-9-13(17)3-4-15(14)18/h3-7,9,16H,8,19H2,1-2H3. The lowest BCUT2D eigenvalue weighted by Crippen LogP contribution is -2.14. The minimum Gasteiger partial charge on any atom is -0.324 e. The molecule has 2 N–H and O–H groups in total. The van der Waals surface area contributed by atoms with Crippen molar-refractivity contribution in [1.82, 2.24) is 0 Å². The molecule has 0 fully saturated rings. The largest absolute Gasteiger partial charge is 0.324 e. The molecular weight excluding hydrogens is 277 g/mol. The fourth-order valence-corrected chi connectivity index (χ4v) is 2.79. The SMILES string of the molecule is Cc1cc(C)cc(CC(N)c2cc(Cl)ccc2Cl)c1. The first-order valence-corrected chi connectivity index (χ1v) is 6.99. The highest BCUT2D eigenvalue weighted by Gasteiger charge is 2.12. The predicted octanol–water partition coefficient (Wildman–Crippen LogP) is 4.85. The van der Waals surface area contributed by atoms with Crippen LogP contribution in [0.4, 0.5) is 0 Å². The molecular formula is C16H17Cl2N. The van der Waals surface area contributed by atoms with E-state index in [0.29, 0.717) is 10.0 Å². The summed E-state index contributed by atoms with van der Waals surface area (Å²) in [5, 5.41) is 1.33. The summed E-state index contributed by atoms with van der Waals surface area (Å²) >= 11 is 12.2. The maximum atomic E-state index is 6.25. The summed E-state index contributed by atoms with van der Waals surface area (Å²) in [6.45, 7) is 4.18. The summed E-state index contributed by atoms with van der Waals surface area (Å²) in [5.41, 5.74) is 10.9. The van der Waals surface area contributed by atoms with Crippen LogP contribution in [0, 0.1) is 13.8 Å². The lowest BCUT2D eigenvalue weighted by molar-refractivity contribution is 0.721. The van der Waals surface area contributed by atoms with Crippen LogP contribution >= 0.6 is 23.2 Å². The molecule has 0 aliphatic carbocycles. The molecule has 1 nitrogen and oxygen atoms in total. The molecule has 0 saturated carbocycles. The van der Waals surface area contributed by atoms with Crippen molar-refractivity contribution in [1.29, 1.82) is 0 Å². The topological polar surface area (TPSA) is 26.0 Å². The third-order valence-corrected chi connectivity index (χ3v) is 3.67. The number of hydrogen-bond donors (Lipinski definition) is 1. The molecule has 2 rings (SSSR count). The molecule has 19 heavy (non-hydrogen) atoms. The molecule has 100 valence electrons. The van der Waals surface area contributed by atoms with Crippen LogP contribution in [-0.2, 0) is 6.42 Å². The Balaban J connectivity index is 2.25. The van der Waals surface area contributed by atoms with Crippen molar-refractivity contribution >= 4 is 23.2 Å². The van der Waals surface area contributed by atoms with E-state index < -0.39 is 0 Å². The molecule has 0 aromatic heterocycles. The number of nitrogens with two attached hydrogens (primary N) is 1. The van der Waals surface area contributed by atoms with Gasteiger partial charge in [0.05, 0.1) is 0 Å². The van der Waals surface area contributed by atoms with Crippen molar-refractivity contribution < 1.29 is 0 Å². The van der Waals surface area contributed by atoms with Crippen molar-refractivity contribution in [3.05, 3.63) is 68.7 Å². The summed E-state index contributed by atoms with van der Waals surface area (Å²) in [5.74, 6) is 0. The Bertz CT molecular complexity index is 573. The minimum atomic E-state index is -0.146. The minimum absolute atomic E-state index is 0.146. The normalized spacial score (nSPS) is 12.5. The molecule has 0 amide bonds. The van der Waals surface area contributed by atoms with Gasteiger partial charge in [-0.3, -0.25) is 0 Å². The third-order valence-electron chi connectivity index (χ3n) is 3.09. The highest BCUT2D eigenvalue weighted by molar-refractivity contribution is 6.33. The van der Waals surface area contributed by atoms with Crippen LogP contribution in [0.15, 0.2) is 36.4 Å². The number of benzene rings is 2. The Morgan fingerprint density at radius 1 is 1.00 bits per heavy atom. The van der Waals surface area contributed by atoms with Gasteiger partial charge in [-0.2, -0.15) is 0 Å². The smallest absolute Gasteiger partial charge is 0.0454 e. The number of aryl methyl sites for hydroxylation is 2. The first-order chi connectivity index (χ1) is 8.95. The van der Waals surface area contributed by atoms with Crippen molar-refractivity contribution in [2.45, 2.75) is 26.3 Å². The molecule has 3 heteroatoms. The fourth-order valence-electron chi connectivity index (χ4n) is 2.35. The first-order valence-electron chi connectivity index (χ1n) is 6.23. The van der Waals surface area contributed by atoms with Gasteiger partial charge in [-0.1, -0.05) is 52.5 Å². The van der Waals surface area contributed by atoms with Gasteiger partial charge in [0.15, 0.2) is 0 Å². The average Bonchev–Trinajstić information content (AvgIpc) is 2.30. The molecule has 2 aromatic carbocycles. The molecule has 1 atom stereocenters. The van der Waals surface area contributed by atoms with E-state index >= 15 is 0 Å². The molecule has 0 aliphatic rings. The molecule has 0 bridgehead atoms. The summed E-state index contributed by atoms with van der Waals surface area (Å²) < 4.78 is 0. The van der Waals surface area contributed by atoms with Crippen LogP contribution in [-0.4, -0.2) is 0 Å². The summed E-state index contributed by atoms with van der Waals surface area (Å²) in [4.78, 5) is 0. The number of hydrogen-bond acceptors (Lipinski definition) is 1. The van der Waals surface area contributed by atoms with Crippen LogP contribution in [0.25, 0.3) is 0 Å². The van der Waals surface area contributed by atoms with E-state index in [0.717, 1.165) is 12.0 Å². The first kappa shape index (κ1) is 14.4. The van der Waals surface area contributed by atoms with Crippen molar-refractivity contribution in [3.8, 4) is 0 Å². The predicted molar refractivity (Wildman–Crippen MR) is 83.0 cm³/mol. The molecule has 0 saturated heterocycles. The molecule has 1 unspecified atom stereocenters. The van der Waals surface area contributed by atoms with E-state index in [-0.39, 0.29) is 6.04 Å².